The number of aromatic carboxylic acids is 1. The number of nitrogens with one attached hydrogen (secondary N) is 1. The van der Waals surface area contributed by atoms with Gasteiger partial charge in [0.2, 0.25) is 5.96 Å². The molecule has 8 nitrogen and oxygen atoms in total. The number of carboxylic acids is 1. The fourth-order valence-electron chi connectivity index (χ4n) is 1.32. The summed E-state index contributed by atoms with van der Waals surface area (Å²) < 4.78 is 4.98. The molecular formula is C13H17N3O5. The lowest BCUT2D eigenvalue weighted by Gasteiger charge is -2.19. The molecule has 1 aromatic carbocycles. The third kappa shape index (κ3) is 5.39. The molecule has 0 bridgehead atoms. The zero-order valence-electron chi connectivity index (χ0n) is 11.9. The Bertz CT molecular complexity index is 590. The summed E-state index contributed by atoms with van der Waals surface area (Å²) >= 11 is 0. The van der Waals surface area contributed by atoms with Crippen molar-refractivity contribution in [2.24, 2.45) is 10.7 Å². The molecule has 0 fully saturated rings. The number of nitrogens with zero attached hydrogens (tertiary/aromatic N) is 1. The quantitative estimate of drug-likeness (QED) is 0.483. The molecule has 0 aliphatic heterocycles. The van der Waals surface area contributed by atoms with Gasteiger partial charge in [-0.3, -0.25) is 5.32 Å². The zero-order chi connectivity index (χ0) is 16.2. The van der Waals surface area contributed by atoms with E-state index in [-0.39, 0.29) is 23.0 Å². The normalized spacial score (nSPS) is 11.9. The highest BCUT2D eigenvalue weighted by Gasteiger charge is 2.16. The maximum Gasteiger partial charge on any atom is 0.414 e. The van der Waals surface area contributed by atoms with Crippen LogP contribution in [0.1, 0.15) is 31.1 Å². The second kappa shape index (κ2) is 6.12. The van der Waals surface area contributed by atoms with Crippen LogP contribution in [0.5, 0.6) is 5.75 Å². The second-order valence-corrected chi connectivity index (χ2v) is 5.13. The minimum Gasteiger partial charge on any atom is -0.506 e. The van der Waals surface area contributed by atoms with Gasteiger partial charge in [0.15, 0.2) is 0 Å². The van der Waals surface area contributed by atoms with E-state index in [1.165, 1.54) is 12.1 Å². The van der Waals surface area contributed by atoms with Crippen molar-refractivity contribution in [3.63, 3.8) is 0 Å². The van der Waals surface area contributed by atoms with Gasteiger partial charge in [0.25, 0.3) is 0 Å². The Hall–Kier alpha value is -2.77. The van der Waals surface area contributed by atoms with Crippen LogP contribution >= 0.6 is 0 Å². The number of nitrogens with two attached hydrogens (primary N) is 1. The number of carbonyl (C=O) groups is 2. The number of amides is 1. The van der Waals surface area contributed by atoms with Crippen LogP contribution in [0.2, 0.25) is 0 Å². The van der Waals surface area contributed by atoms with Crippen LogP contribution in [0, 0.1) is 0 Å². The fraction of sp³-hybridized carbons (Fsp3) is 0.308. The Labute approximate surface area is 121 Å². The average Bonchev–Trinajstić information content (AvgIpc) is 2.28. The van der Waals surface area contributed by atoms with Crippen LogP contribution in [-0.4, -0.2) is 33.8 Å². The lowest BCUT2D eigenvalue weighted by atomic mass is 10.2. The molecule has 0 heterocycles. The molecule has 0 spiro atoms. The number of guanidine groups is 1. The minimum atomic E-state index is -1.18. The first kappa shape index (κ1) is 16.3. The molecule has 0 radical (unpaired) electrons. The summed E-state index contributed by atoms with van der Waals surface area (Å²) in [5, 5.41) is 20.6. The molecule has 0 atom stereocenters. The molecule has 0 unspecified atom stereocenters. The number of carbonyl (C=O) groups excluding carboxylic acids is 1. The van der Waals surface area contributed by atoms with Crippen molar-refractivity contribution in [2.75, 3.05) is 0 Å². The Balaban J connectivity index is 2.83. The van der Waals surface area contributed by atoms with Crippen molar-refractivity contribution in [3.8, 4) is 5.75 Å². The number of benzene rings is 1. The van der Waals surface area contributed by atoms with Crippen molar-refractivity contribution in [2.45, 2.75) is 26.4 Å². The van der Waals surface area contributed by atoms with Crippen molar-refractivity contribution in [1.29, 1.82) is 0 Å². The van der Waals surface area contributed by atoms with Crippen LogP contribution in [0.15, 0.2) is 23.2 Å². The zero-order valence-corrected chi connectivity index (χ0v) is 11.9. The van der Waals surface area contributed by atoms with Crippen molar-refractivity contribution < 1.29 is 24.5 Å². The van der Waals surface area contributed by atoms with Gasteiger partial charge in [-0.15, -0.1) is 0 Å². The number of alkyl carbamates (subject to hydrolysis) is 1. The van der Waals surface area contributed by atoms with Crippen molar-refractivity contribution >= 4 is 23.7 Å². The number of phenolic OH excluding ortho intramolecular Hbond substituents is 1. The summed E-state index contributed by atoms with van der Waals surface area (Å²) in [4.78, 5) is 25.9. The molecule has 1 amide bonds. The molecule has 8 heteroatoms. The minimum absolute atomic E-state index is 0.0218. The van der Waals surface area contributed by atoms with Gasteiger partial charge >= 0.3 is 12.1 Å². The topological polar surface area (TPSA) is 134 Å². The van der Waals surface area contributed by atoms with Crippen molar-refractivity contribution in [1.82, 2.24) is 5.32 Å². The molecule has 0 aliphatic carbocycles. The largest absolute Gasteiger partial charge is 0.506 e. The van der Waals surface area contributed by atoms with Crippen molar-refractivity contribution in [3.05, 3.63) is 23.8 Å². The molecule has 1 rings (SSSR count). The Kier molecular flexibility index (Phi) is 4.75. The summed E-state index contributed by atoms with van der Waals surface area (Å²) in [7, 11) is 0. The standard InChI is InChI=1S/C13H17N3O5/c1-13(2,3)21-12(20)16-11(14)15-8-5-4-7(10(18)19)6-9(8)17/h4-6,17H,1-3H3,(H,18,19)(H3,14,15,16,20). The predicted molar refractivity (Wildman–Crippen MR) is 75.7 cm³/mol. The molecule has 0 saturated carbocycles. The number of hydrogen-bond donors (Lipinski definition) is 4. The van der Waals surface area contributed by atoms with Gasteiger partial charge in [0.05, 0.1) is 5.56 Å². The van der Waals surface area contributed by atoms with E-state index in [1.54, 1.807) is 20.8 Å². The fourth-order valence-corrected chi connectivity index (χ4v) is 1.32. The summed E-state index contributed by atoms with van der Waals surface area (Å²) in [5.41, 5.74) is 4.75. The van der Waals surface area contributed by atoms with Gasteiger partial charge in [-0.2, -0.15) is 0 Å². The van der Waals surface area contributed by atoms with E-state index < -0.39 is 17.7 Å². The predicted octanol–water partition coefficient (Wildman–Crippen LogP) is 1.56. The van der Waals surface area contributed by atoms with E-state index in [0.29, 0.717) is 0 Å². The molecule has 5 N–H and O–H groups in total. The molecule has 1 aromatic rings. The van der Waals surface area contributed by atoms with Crippen LogP contribution in [0.4, 0.5) is 10.5 Å². The number of rotatable bonds is 2. The van der Waals surface area contributed by atoms with E-state index in [0.717, 1.165) is 6.07 Å². The monoisotopic (exact) mass is 295 g/mol. The van der Waals surface area contributed by atoms with Crippen LogP contribution in [0.25, 0.3) is 0 Å². The molecule has 114 valence electrons. The van der Waals surface area contributed by atoms with E-state index in [1.807, 2.05) is 0 Å². The Morgan fingerprint density at radius 2 is 1.95 bits per heavy atom. The van der Waals surface area contributed by atoms with Gasteiger partial charge < -0.3 is 20.7 Å². The van der Waals surface area contributed by atoms with Crippen LogP contribution < -0.4 is 11.1 Å². The number of aromatic hydroxyl groups is 1. The lowest BCUT2D eigenvalue weighted by Crippen LogP contribution is -2.40. The molecule has 0 aliphatic rings. The Morgan fingerprint density at radius 1 is 1.33 bits per heavy atom. The van der Waals surface area contributed by atoms with Gasteiger partial charge in [0.1, 0.15) is 17.0 Å². The number of phenols is 1. The highest BCUT2D eigenvalue weighted by molar-refractivity contribution is 5.95. The first-order chi connectivity index (χ1) is 9.58. The third-order valence-corrected chi connectivity index (χ3v) is 2.09. The highest BCUT2D eigenvalue weighted by Crippen LogP contribution is 2.27. The number of aliphatic imine (C=N–C) groups is 1. The van der Waals surface area contributed by atoms with E-state index in [9.17, 15) is 14.7 Å². The van der Waals surface area contributed by atoms with Gasteiger partial charge in [-0.05, 0) is 39.0 Å². The Morgan fingerprint density at radius 3 is 2.43 bits per heavy atom. The summed E-state index contributed by atoms with van der Waals surface area (Å²) in [6.45, 7) is 5.07. The van der Waals surface area contributed by atoms with Gasteiger partial charge in [-0.25, -0.2) is 14.6 Å². The first-order valence-electron chi connectivity index (χ1n) is 5.99. The summed E-state index contributed by atoms with van der Waals surface area (Å²) in [5.74, 6) is -1.84. The van der Waals surface area contributed by atoms with Crippen LogP contribution in [0.3, 0.4) is 0 Å². The van der Waals surface area contributed by atoms with E-state index in [4.69, 9.17) is 15.6 Å². The number of hydrogen-bond acceptors (Lipinski definition) is 5. The number of ether oxygens (including phenoxy) is 1. The smallest absolute Gasteiger partial charge is 0.414 e. The first-order valence-corrected chi connectivity index (χ1v) is 5.99. The highest BCUT2D eigenvalue weighted by atomic mass is 16.6. The molecule has 0 aromatic heterocycles. The third-order valence-electron chi connectivity index (χ3n) is 2.09. The molecule has 21 heavy (non-hydrogen) atoms. The maximum absolute atomic E-state index is 11.5. The second-order valence-electron chi connectivity index (χ2n) is 5.13. The summed E-state index contributed by atoms with van der Waals surface area (Å²) in [6, 6.07) is 3.55. The van der Waals surface area contributed by atoms with Crippen LogP contribution in [-0.2, 0) is 4.74 Å². The van der Waals surface area contributed by atoms with E-state index >= 15 is 0 Å². The molecular weight excluding hydrogens is 278 g/mol. The average molecular weight is 295 g/mol. The lowest BCUT2D eigenvalue weighted by molar-refractivity contribution is 0.0561. The molecule has 0 saturated heterocycles. The van der Waals surface area contributed by atoms with Gasteiger partial charge in [0, 0.05) is 0 Å². The maximum atomic E-state index is 11.5. The SMILES string of the molecule is CC(C)(C)OC(=O)NC(N)=Nc1ccc(C(=O)O)cc1O. The van der Waals surface area contributed by atoms with Gasteiger partial charge in [-0.1, -0.05) is 0 Å². The number of carboxylic acid groups (broad SMARTS) is 1. The van der Waals surface area contributed by atoms with E-state index in [2.05, 4.69) is 10.3 Å². The summed E-state index contributed by atoms with van der Waals surface area (Å²) in [6.07, 6.45) is -0.787.